The standard InChI is InChI=1S/C40H55N5O7/c1-10-17-27(31(47)35(49)41-23-29(46)43-30(24-18-13-11-14-19-24)25-20-15-12-16-21-25)42-34(48)28-22-26-33(40(26,8)9)45(28)36(50)32(38(2,3)4)44-37(51)52-39(5,6)7/h11-16,18-21,26-28,30,32-33H,10,17,22-23H2,1-9H3,(H,41,49)(H,42,48)(H,43,46)(H,44,51)/t26-,27?,28+,32+,33+/m1/s1. The average Bonchev–Trinajstić information content (AvgIpc) is 3.37. The predicted molar refractivity (Wildman–Crippen MR) is 197 cm³/mol. The summed E-state index contributed by atoms with van der Waals surface area (Å²) in [5.41, 5.74) is -0.0340. The lowest BCUT2D eigenvalue weighted by molar-refractivity contribution is -0.145. The van der Waals surface area contributed by atoms with Crippen LogP contribution in [0.3, 0.4) is 0 Å². The molecule has 1 aliphatic heterocycles. The number of ketones is 1. The van der Waals surface area contributed by atoms with Crippen molar-refractivity contribution in [3.8, 4) is 0 Å². The fourth-order valence-electron chi connectivity index (χ4n) is 7.09. The van der Waals surface area contributed by atoms with Gasteiger partial charge in [-0.15, -0.1) is 0 Å². The van der Waals surface area contributed by atoms with Gasteiger partial charge in [0.05, 0.1) is 18.6 Å². The topological polar surface area (TPSA) is 163 Å². The highest BCUT2D eigenvalue weighted by atomic mass is 16.6. The number of ether oxygens (including phenoxy) is 1. The van der Waals surface area contributed by atoms with Gasteiger partial charge in [0.1, 0.15) is 17.7 Å². The molecule has 0 spiro atoms. The summed E-state index contributed by atoms with van der Waals surface area (Å²) in [5, 5.41) is 10.8. The van der Waals surface area contributed by atoms with E-state index in [4.69, 9.17) is 4.74 Å². The summed E-state index contributed by atoms with van der Waals surface area (Å²) in [5.74, 6) is -3.29. The first-order chi connectivity index (χ1) is 24.3. The summed E-state index contributed by atoms with van der Waals surface area (Å²) in [6.07, 6.45) is 0.300. The van der Waals surface area contributed by atoms with Crippen LogP contribution in [0.25, 0.3) is 0 Å². The summed E-state index contributed by atoms with van der Waals surface area (Å²) in [6, 6.07) is 15.0. The van der Waals surface area contributed by atoms with Crippen molar-refractivity contribution in [3.63, 3.8) is 0 Å². The van der Waals surface area contributed by atoms with E-state index in [0.29, 0.717) is 12.8 Å². The number of piperidine rings is 1. The van der Waals surface area contributed by atoms with Crippen molar-refractivity contribution in [2.24, 2.45) is 16.7 Å². The van der Waals surface area contributed by atoms with E-state index in [9.17, 15) is 28.8 Å². The van der Waals surface area contributed by atoms with Crippen molar-refractivity contribution in [1.82, 2.24) is 26.2 Å². The number of rotatable bonds is 13. The van der Waals surface area contributed by atoms with Gasteiger partial charge < -0.3 is 30.9 Å². The van der Waals surface area contributed by atoms with Crippen LogP contribution in [0.15, 0.2) is 60.7 Å². The van der Waals surface area contributed by atoms with Crippen LogP contribution in [-0.4, -0.2) is 76.7 Å². The van der Waals surface area contributed by atoms with Crippen LogP contribution >= 0.6 is 0 Å². The molecule has 1 unspecified atom stereocenters. The third-order valence-electron chi connectivity index (χ3n) is 9.85. The summed E-state index contributed by atoms with van der Waals surface area (Å²) >= 11 is 0. The second-order valence-electron chi connectivity index (χ2n) is 16.5. The maximum absolute atomic E-state index is 14.3. The van der Waals surface area contributed by atoms with E-state index in [2.05, 4.69) is 21.3 Å². The number of carbonyl (C=O) groups is 6. The Morgan fingerprint density at radius 2 is 1.40 bits per heavy atom. The SMILES string of the molecule is CCCC(NC(=O)[C@@H]1C[C@@H]2[C@H](N1C(=O)[C@H](NC(=O)OC(C)(C)C)C(C)(C)C)C2(C)C)C(=O)C(=O)NCC(=O)NC(c1ccccc1)c1ccccc1. The van der Waals surface area contributed by atoms with E-state index in [-0.39, 0.29) is 23.8 Å². The minimum atomic E-state index is -1.16. The highest BCUT2D eigenvalue weighted by Gasteiger charge is 2.69. The number of likely N-dealkylation sites (tertiary alicyclic amines) is 1. The van der Waals surface area contributed by atoms with Crippen LogP contribution < -0.4 is 21.3 Å². The molecule has 0 bridgehead atoms. The molecular formula is C40H55N5O7. The van der Waals surface area contributed by atoms with Crippen LogP contribution in [-0.2, 0) is 28.7 Å². The summed E-state index contributed by atoms with van der Waals surface area (Å²) in [4.78, 5) is 82.2. The maximum atomic E-state index is 14.3. The Labute approximate surface area is 307 Å². The highest BCUT2D eigenvalue weighted by Crippen LogP contribution is 2.62. The molecule has 1 saturated carbocycles. The van der Waals surface area contributed by atoms with Crippen molar-refractivity contribution < 1.29 is 33.5 Å². The number of Topliss-reactive ketones (excluding diaryl/α,β-unsaturated/α-hetero) is 1. The number of hydrogen-bond donors (Lipinski definition) is 4. The largest absolute Gasteiger partial charge is 0.444 e. The van der Waals surface area contributed by atoms with Gasteiger partial charge in [-0.3, -0.25) is 24.0 Å². The van der Waals surface area contributed by atoms with E-state index >= 15 is 0 Å². The minimum Gasteiger partial charge on any atom is -0.444 e. The lowest BCUT2D eigenvalue weighted by Crippen LogP contribution is -2.61. The molecule has 5 amide bonds. The van der Waals surface area contributed by atoms with Gasteiger partial charge in [0.25, 0.3) is 5.91 Å². The number of benzene rings is 2. The van der Waals surface area contributed by atoms with Crippen molar-refractivity contribution in [1.29, 1.82) is 0 Å². The van der Waals surface area contributed by atoms with Crippen molar-refractivity contribution in [2.75, 3.05) is 6.54 Å². The van der Waals surface area contributed by atoms with Crippen molar-refractivity contribution >= 4 is 35.5 Å². The van der Waals surface area contributed by atoms with Gasteiger partial charge in [-0.25, -0.2) is 4.79 Å². The quantitative estimate of drug-likeness (QED) is 0.223. The van der Waals surface area contributed by atoms with Gasteiger partial charge in [0.2, 0.25) is 23.5 Å². The number of carbonyl (C=O) groups excluding carboxylic acids is 6. The van der Waals surface area contributed by atoms with E-state index in [1.807, 2.05) is 102 Å². The second kappa shape index (κ2) is 15.9. The minimum absolute atomic E-state index is 0.0482. The van der Waals surface area contributed by atoms with Crippen LogP contribution in [0.5, 0.6) is 0 Å². The van der Waals surface area contributed by atoms with Crippen LogP contribution in [0, 0.1) is 16.7 Å². The maximum Gasteiger partial charge on any atom is 0.408 e. The molecule has 5 atom stereocenters. The molecule has 2 fully saturated rings. The Morgan fingerprint density at radius 1 is 0.846 bits per heavy atom. The Morgan fingerprint density at radius 3 is 1.90 bits per heavy atom. The van der Waals surface area contributed by atoms with E-state index < -0.39 is 77.2 Å². The molecule has 12 heteroatoms. The van der Waals surface area contributed by atoms with Gasteiger partial charge in [-0.2, -0.15) is 0 Å². The zero-order chi connectivity index (χ0) is 38.6. The van der Waals surface area contributed by atoms with Crippen LogP contribution in [0.2, 0.25) is 0 Å². The number of alkyl carbamates (subject to hydrolysis) is 1. The van der Waals surface area contributed by atoms with Gasteiger partial charge in [-0.05, 0) is 61.5 Å². The third-order valence-corrected chi connectivity index (χ3v) is 9.85. The molecule has 12 nitrogen and oxygen atoms in total. The Balaban J connectivity index is 1.44. The molecule has 52 heavy (non-hydrogen) atoms. The van der Waals surface area contributed by atoms with Gasteiger partial charge >= 0.3 is 6.09 Å². The first kappa shape index (κ1) is 40.0. The monoisotopic (exact) mass is 717 g/mol. The summed E-state index contributed by atoms with van der Waals surface area (Å²) < 4.78 is 5.45. The van der Waals surface area contributed by atoms with Gasteiger partial charge in [0.15, 0.2) is 0 Å². The predicted octanol–water partition coefficient (Wildman–Crippen LogP) is 4.43. The molecule has 4 rings (SSSR count). The van der Waals surface area contributed by atoms with E-state index in [1.54, 1.807) is 25.7 Å². The smallest absolute Gasteiger partial charge is 0.408 e. The number of hydrogen-bond acceptors (Lipinski definition) is 7. The molecule has 0 aromatic heterocycles. The molecule has 0 radical (unpaired) electrons. The second-order valence-corrected chi connectivity index (χ2v) is 16.5. The Kier molecular flexibility index (Phi) is 12.2. The molecule has 1 saturated heterocycles. The van der Waals surface area contributed by atoms with E-state index in [0.717, 1.165) is 11.1 Å². The molecular weight excluding hydrogens is 662 g/mol. The Hall–Kier alpha value is -4.74. The highest BCUT2D eigenvalue weighted by molar-refractivity contribution is 6.38. The fourth-order valence-corrected chi connectivity index (χ4v) is 7.09. The summed E-state index contributed by atoms with van der Waals surface area (Å²) in [7, 11) is 0. The third kappa shape index (κ3) is 9.57. The van der Waals surface area contributed by atoms with Crippen LogP contribution in [0.1, 0.15) is 98.7 Å². The van der Waals surface area contributed by atoms with Crippen molar-refractivity contribution in [3.05, 3.63) is 71.8 Å². The average molecular weight is 718 g/mol. The number of amides is 5. The number of nitrogens with one attached hydrogen (secondary N) is 4. The molecule has 2 aliphatic rings. The van der Waals surface area contributed by atoms with Crippen molar-refractivity contribution in [2.45, 2.75) is 117 Å². The zero-order valence-electron chi connectivity index (χ0n) is 31.9. The first-order valence-corrected chi connectivity index (χ1v) is 18.1. The number of fused-ring (bicyclic) bond motifs is 1. The van der Waals surface area contributed by atoms with Gasteiger partial charge in [0, 0.05) is 6.04 Å². The molecule has 4 N–H and O–H groups in total. The summed E-state index contributed by atoms with van der Waals surface area (Å²) in [6.45, 7) is 16.1. The lowest BCUT2D eigenvalue weighted by atomic mass is 9.85. The fraction of sp³-hybridized carbons (Fsp3) is 0.550. The molecule has 2 aromatic rings. The van der Waals surface area contributed by atoms with Gasteiger partial charge in [-0.1, -0.05) is 109 Å². The first-order valence-electron chi connectivity index (χ1n) is 18.1. The van der Waals surface area contributed by atoms with Crippen LogP contribution in [0.4, 0.5) is 4.79 Å². The molecule has 2 aromatic carbocycles. The lowest BCUT2D eigenvalue weighted by Gasteiger charge is -2.38. The van der Waals surface area contributed by atoms with E-state index in [1.165, 1.54) is 0 Å². The number of nitrogens with zero attached hydrogens (tertiary/aromatic N) is 1. The molecule has 1 heterocycles. The Bertz CT molecular complexity index is 1590. The normalized spacial score (nSPS) is 20.2. The zero-order valence-corrected chi connectivity index (χ0v) is 31.9. The molecule has 282 valence electrons. The molecule has 1 aliphatic carbocycles.